The van der Waals surface area contributed by atoms with Crippen LogP contribution in [0, 0.1) is 0 Å². The Hall–Kier alpha value is -0.310. The molecule has 0 radical (unpaired) electrons. The number of hydrogen-bond donors (Lipinski definition) is 0. The van der Waals surface area contributed by atoms with E-state index in [0.717, 1.165) is 6.42 Å². The van der Waals surface area contributed by atoms with E-state index in [4.69, 9.17) is 21.7 Å². The van der Waals surface area contributed by atoms with Gasteiger partial charge in [0.2, 0.25) is 0 Å². The Bertz CT molecular complexity index is 171. The van der Waals surface area contributed by atoms with E-state index >= 15 is 0 Å². The minimum Gasteiger partial charge on any atom is -0.453 e. The summed E-state index contributed by atoms with van der Waals surface area (Å²) in [5.41, 5.74) is 0. The highest BCUT2D eigenvalue weighted by molar-refractivity contribution is 7.79. The van der Waals surface area contributed by atoms with E-state index in [0.29, 0.717) is 11.8 Å². The quantitative estimate of drug-likeness (QED) is 0.480. The van der Waals surface area contributed by atoms with Crippen molar-refractivity contribution in [2.45, 2.75) is 58.0 Å². The molecule has 0 bridgehead atoms. The minimum absolute atomic E-state index is 0.230. The van der Waals surface area contributed by atoms with E-state index in [9.17, 15) is 0 Å². The van der Waals surface area contributed by atoms with Gasteiger partial charge in [-0.05, 0) is 12.8 Å². The number of ether oxygens (including phenoxy) is 2. The molecule has 14 heavy (non-hydrogen) atoms. The third kappa shape index (κ3) is 4.80. The molecule has 82 valence electrons. The molecular weight excluding hydrogens is 196 g/mol. The van der Waals surface area contributed by atoms with Crippen LogP contribution in [0.1, 0.15) is 51.9 Å². The van der Waals surface area contributed by atoms with Crippen LogP contribution in [-0.4, -0.2) is 17.9 Å². The Labute approximate surface area is 92.0 Å². The number of rotatable bonds is 7. The lowest BCUT2D eigenvalue weighted by molar-refractivity contribution is 0.213. The molecule has 0 aromatic carbocycles. The average molecular weight is 216 g/mol. The maximum atomic E-state index is 5.30. The first-order valence-corrected chi connectivity index (χ1v) is 6.07. The molecule has 1 heterocycles. The van der Waals surface area contributed by atoms with Crippen LogP contribution in [0.4, 0.5) is 0 Å². The summed E-state index contributed by atoms with van der Waals surface area (Å²) in [7, 11) is 0. The Balaban J connectivity index is 1.86. The van der Waals surface area contributed by atoms with Crippen molar-refractivity contribution in [2.24, 2.45) is 0 Å². The van der Waals surface area contributed by atoms with Gasteiger partial charge in [-0.15, -0.1) is 0 Å². The van der Waals surface area contributed by atoms with E-state index in [2.05, 4.69) is 6.92 Å². The zero-order chi connectivity index (χ0) is 10.2. The highest BCUT2D eigenvalue weighted by Crippen LogP contribution is 2.15. The molecule has 1 saturated heterocycles. The van der Waals surface area contributed by atoms with Crippen molar-refractivity contribution in [2.75, 3.05) is 6.61 Å². The fourth-order valence-corrected chi connectivity index (χ4v) is 1.86. The summed E-state index contributed by atoms with van der Waals surface area (Å²) in [6.45, 7) is 2.90. The van der Waals surface area contributed by atoms with E-state index in [1.807, 2.05) is 0 Å². The topological polar surface area (TPSA) is 18.5 Å². The van der Waals surface area contributed by atoms with Gasteiger partial charge >= 0.3 is 5.24 Å². The van der Waals surface area contributed by atoms with Crippen LogP contribution in [0.3, 0.4) is 0 Å². The first-order chi connectivity index (χ1) is 6.83. The molecule has 2 nitrogen and oxygen atoms in total. The van der Waals surface area contributed by atoms with E-state index in [1.165, 1.54) is 38.5 Å². The zero-order valence-corrected chi connectivity index (χ0v) is 9.78. The first kappa shape index (κ1) is 11.8. The smallest absolute Gasteiger partial charge is 0.352 e. The molecule has 0 aromatic heterocycles. The summed E-state index contributed by atoms with van der Waals surface area (Å²) in [6.07, 6.45) is 9.27. The predicted octanol–water partition coefficient (Wildman–Crippen LogP) is 3.44. The van der Waals surface area contributed by atoms with Crippen molar-refractivity contribution in [1.29, 1.82) is 0 Å². The normalized spacial score (nSPS) is 20.6. The number of thiocarbonyl (C=S) groups is 1. The SMILES string of the molecule is CCCCCCCCC1COC(=S)O1. The van der Waals surface area contributed by atoms with Gasteiger partial charge in [0.25, 0.3) is 0 Å². The van der Waals surface area contributed by atoms with Gasteiger partial charge in [-0.2, -0.15) is 0 Å². The molecule has 0 amide bonds. The van der Waals surface area contributed by atoms with E-state index < -0.39 is 0 Å². The summed E-state index contributed by atoms with van der Waals surface area (Å²) in [6, 6.07) is 0. The van der Waals surface area contributed by atoms with Gasteiger partial charge in [0.1, 0.15) is 12.7 Å². The maximum Gasteiger partial charge on any atom is 0.352 e. The Morgan fingerprint density at radius 2 is 1.93 bits per heavy atom. The van der Waals surface area contributed by atoms with Crippen molar-refractivity contribution in [3.8, 4) is 0 Å². The monoisotopic (exact) mass is 216 g/mol. The maximum absolute atomic E-state index is 5.30. The fourth-order valence-electron chi connectivity index (χ4n) is 1.66. The van der Waals surface area contributed by atoms with Gasteiger partial charge in [-0.3, -0.25) is 0 Å². The van der Waals surface area contributed by atoms with Crippen LogP contribution in [0.5, 0.6) is 0 Å². The molecule has 0 saturated carbocycles. The molecule has 3 heteroatoms. The fraction of sp³-hybridized carbons (Fsp3) is 0.909. The second kappa shape index (κ2) is 7.04. The van der Waals surface area contributed by atoms with Gasteiger partial charge in [0.15, 0.2) is 0 Å². The summed E-state index contributed by atoms with van der Waals surface area (Å²) in [4.78, 5) is 0. The van der Waals surface area contributed by atoms with Gasteiger partial charge in [-0.25, -0.2) is 0 Å². The van der Waals surface area contributed by atoms with Crippen molar-refractivity contribution in [1.82, 2.24) is 0 Å². The molecule has 1 unspecified atom stereocenters. The summed E-state index contributed by atoms with van der Waals surface area (Å²) in [5.74, 6) is 0. The highest BCUT2D eigenvalue weighted by Gasteiger charge is 2.20. The van der Waals surface area contributed by atoms with Crippen LogP contribution in [0.25, 0.3) is 0 Å². The van der Waals surface area contributed by atoms with Gasteiger partial charge < -0.3 is 9.47 Å². The summed E-state index contributed by atoms with van der Waals surface area (Å²) >= 11 is 4.79. The Kier molecular flexibility index (Phi) is 5.92. The third-order valence-corrected chi connectivity index (χ3v) is 2.74. The van der Waals surface area contributed by atoms with Gasteiger partial charge in [0.05, 0.1) is 0 Å². The summed E-state index contributed by atoms with van der Waals surface area (Å²) < 4.78 is 10.4. The lowest BCUT2D eigenvalue weighted by Crippen LogP contribution is -2.08. The van der Waals surface area contributed by atoms with E-state index in [1.54, 1.807) is 0 Å². The molecule has 1 aliphatic rings. The largest absolute Gasteiger partial charge is 0.453 e. The molecule has 1 rings (SSSR count). The van der Waals surface area contributed by atoms with Crippen molar-refractivity contribution in [3.05, 3.63) is 0 Å². The van der Waals surface area contributed by atoms with Crippen LogP contribution in [0.2, 0.25) is 0 Å². The average Bonchev–Trinajstić information content (AvgIpc) is 2.58. The van der Waals surface area contributed by atoms with Crippen LogP contribution >= 0.6 is 12.2 Å². The number of unbranched alkanes of at least 4 members (excludes halogenated alkanes) is 5. The van der Waals surface area contributed by atoms with Gasteiger partial charge in [0, 0.05) is 12.2 Å². The Morgan fingerprint density at radius 1 is 1.21 bits per heavy atom. The lowest BCUT2D eigenvalue weighted by atomic mass is 10.1. The van der Waals surface area contributed by atoms with Crippen molar-refractivity contribution < 1.29 is 9.47 Å². The van der Waals surface area contributed by atoms with Crippen molar-refractivity contribution in [3.63, 3.8) is 0 Å². The van der Waals surface area contributed by atoms with Crippen LogP contribution in [-0.2, 0) is 9.47 Å². The zero-order valence-electron chi connectivity index (χ0n) is 8.96. The molecule has 0 aromatic rings. The first-order valence-electron chi connectivity index (χ1n) is 5.66. The predicted molar refractivity (Wildman–Crippen MR) is 61.4 cm³/mol. The summed E-state index contributed by atoms with van der Waals surface area (Å²) in [5, 5.41) is 0.334. The molecular formula is C11H20O2S. The molecule has 0 N–H and O–H groups in total. The highest BCUT2D eigenvalue weighted by atomic mass is 32.1. The third-order valence-electron chi connectivity index (χ3n) is 2.53. The Morgan fingerprint density at radius 3 is 2.57 bits per heavy atom. The van der Waals surface area contributed by atoms with Crippen LogP contribution in [0.15, 0.2) is 0 Å². The lowest BCUT2D eigenvalue weighted by Gasteiger charge is -2.05. The second-order valence-corrected chi connectivity index (χ2v) is 4.19. The molecule has 1 fully saturated rings. The number of hydrogen-bond acceptors (Lipinski definition) is 3. The van der Waals surface area contributed by atoms with Gasteiger partial charge in [-0.1, -0.05) is 39.0 Å². The second-order valence-electron chi connectivity index (χ2n) is 3.86. The van der Waals surface area contributed by atoms with E-state index in [-0.39, 0.29) is 6.10 Å². The molecule has 1 atom stereocenters. The molecule has 0 spiro atoms. The standard InChI is InChI=1S/C11H20O2S/c1-2-3-4-5-6-7-8-10-9-12-11(14)13-10/h10H,2-9H2,1H3. The molecule has 1 aliphatic heterocycles. The van der Waals surface area contributed by atoms with Crippen molar-refractivity contribution >= 4 is 17.5 Å². The minimum atomic E-state index is 0.230. The van der Waals surface area contributed by atoms with Crippen LogP contribution < -0.4 is 0 Å². The molecule has 0 aliphatic carbocycles.